The van der Waals surface area contributed by atoms with Gasteiger partial charge < -0.3 is 10.0 Å². The molecule has 1 unspecified atom stereocenters. The summed E-state index contributed by atoms with van der Waals surface area (Å²) in [5, 5.41) is 9.86. The summed E-state index contributed by atoms with van der Waals surface area (Å²) in [6, 6.07) is 4.02. The number of aromatic nitrogens is 1. The van der Waals surface area contributed by atoms with Crippen LogP contribution in [0.2, 0.25) is 0 Å². The highest BCUT2D eigenvalue weighted by atomic mass is 16.3. The van der Waals surface area contributed by atoms with Gasteiger partial charge in [-0.05, 0) is 18.6 Å². The summed E-state index contributed by atoms with van der Waals surface area (Å²) in [6.07, 6.45) is 4.31. The van der Waals surface area contributed by atoms with E-state index in [0.717, 1.165) is 25.2 Å². The molecular weight excluding hydrogens is 188 g/mol. The molecule has 1 saturated heterocycles. The van der Waals surface area contributed by atoms with Gasteiger partial charge in [0.2, 0.25) is 0 Å². The van der Waals surface area contributed by atoms with Crippen LogP contribution in [0.4, 0.5) is 5.69 Å². The van der Waals surface area contributed by atoms with Crippen molar-refractivity contribution in [3.8, 4) is 0 Å². The lowest BCUT2D eigenvalue weighted by atomic mass is 9.81. The average Bonchev–Trinajstić information content (AvgIpc) is 2.23. The van der Waals surface area contributed by atoms with Crippen LogP contribution in [0.25, 0.3) is 0 Å². The highest BCUT2D eigenvalue weighted by Crippen LogP contribution is 2.31. The molecule has 2 rings (SSSR count). The molecule has 0 amide bonds. The second-order valence-electron chi connectivity index (χ2n) is 4.93. The van der Waals surface area contributed by atoms with E-state index in [4.69, 9.17) is 0 Å². The van der Waals surface area contributed by atoms with E-state index in [2.05, 4.69) is 29.8 Å². The van der Waals surface area contributed by atoms with Crippen molar-refractivity contribution in [2.45, 2.75) is 26.4 Å². The standard InChI is InChI=1S/C12H18N2O/c1-12(2)9-14(7-5-11(12)15)10-4-3-6-13-8-10/h3-4,6,8,11,15H,5,7,9H2,1-2H3. The fraction of sp³-hybridized carbons (Fsp3) is 0.583. The van der Waals surface area contributed by atoms with Gasteiger partial charge in [-0.2, -0.15) is 0 Å². The van der Waals surface area contributed by atoms with Gasteiger partial charge in [-0.15, -0.1) is 0 Å². The summed E-state index contributed by atoms with van der Waals surface area (Å²) in [5.41, 5.74) is 1.12. The van der Waals surface area contributed by atoms with Gasteiger partial charge in [0.05, 0.1) is 18.0 Å². The first-order valence-electron chi connectivity index (χ1n) is 5.43. The van der Waals surface area contributed by atoms with Crippen LogP contribution in [0.15, 0.2) is 24.5 Å². The van der Waals surface area contributed by atoms with Gasteiger partial charge in [0.25, 0.3) is 0 Å². The quantitative estimate of drug-likeness (QED) is 0.759. The Balaban J connectivity index is 2.14. The molecule has 1 aliphatic heterocycles. The second kappa shape index (κ2) is 3.81. The molecule has 0 saturated carbocycles. The van der Waals surface area contributed by atoms with Gasteiger partial charge in [0.15, 0.2) is 0 Å². The van der Waals surface area contributed by atoms with Crippen molar-refractivity contribution in [1.29, 1.82) is 0 Å². The Morgan fingerprint density at radius 1 is 1.53 bits per heavy atom. The van der Waals surface area contributed by atoms with Crippen LogP contribution < -0.4 is 4.90 Å². The highest BCUT2D eigenvalue weighted by Gasteiger charge is 2.34. The monoisotopic (exact) mass is 206 g/mol. The van der Waals surface area contributed by atoms with Crippen molar-refractivity contribution in [3.63, 3.8) is 0 Å². The molecule has 3 heteroatoms. The van der Waals surface area contributed by atoms with Gasteiger partial charge in [-0.3, -0.25) is 4.98 Å². The Kier molecular flexibility index (Phi) is 2.65. The molecule has 0 bridgehead atoms. The lowest BCUT2D eigenvalue weighted by molar-refractivity contribution is 0.0336. The Labute approximate surface area is 90.8 Å². The van der Waals surface area contributed by atoms with E-state index in [1.807, 2.05) is 12.3 Å². The minimum atomic E-state index is -0.189. The van der Waals surface area contributed by atoms with Gasteiger partial charge >= 0.3 is 0 Å². The maximum atomic E-state index is 9.86. The SMILES string of the molecule is CC1(C)CN(c2cccnc2)CCC1O. The summed E-state index contributed by atoms with van der Waals surface area (Å²) in [4.78, 5) is 6.41. The van der Waals surface area contributed by atoms with Crippen LogP contribution in [-0.4, -0.2) is 29.3 Å². The molecule has 0 aromatic carbocycles. The van der Waals surface area contributed by atoms with Crippen LogP contribution >= 0.6 is 0 Å². The first-order valence-corrected chi connectivity index (χ1v) is 5.43. The van der Waals surface area contributed by atoms with Crippen LogP contribution in [-0.2, 0) is 0 Å². The summed E-state index contributed by atoms with van der Waals surface area (Å²) >= 11 is 0. The Morgan fingerprint density at radius 3 is 2.93 bits per heavy atom. The van der Waals surface area contributed by atoms with E-state index in [0.29, 0.717) is 0 Å². The zero-order chi connectivity index (χ0) is 10.9. The van der Waals surface area contributed by atoms with Crippen molar-refractivity contribution in [2.24, 2.45) is 5.41 Å². The molecule has 3 nitrogen and oxygen atoms in total. The molecule has 1 atom stereocenters. The topological polar surface area (TPSA) is 36.4 Å². The fourth-order valence-corrected chi connectivity index (χ4v) is 2.11. The second-order valence-corrected chi connectivity index (χ2v) is 4.93. The number of rotatable bonds is 1. The first-order chi connectivity index (χ1) is 7.09. The number of nitrogens with zero attached hydrogens (tertiary/aromatic N) is 2. The number of pyridine rings is 1. The van der Waals surface area contributed by atoms with Gasteiger partial charge in [0, 0.05) is 24.7 Å². The van der Waals surface area contributed by atoms with Crippen molar-refractivity contribution in [2.75, 3.05) is 18.0 Å². The Hall–Kier alpha value is -1.09. The minimum absolute atomic E-state index is 0.0336. The number of piperidine rings is 1. The molecule has 0 spiro atoms. The molecule has 1 N–H and O–H groups in total. The average molecular weight is 206 g/mol. The number of aliphatic hydroxyl groups is 1. The summed E-state index contributed by atoms with van der Waals surface area (Å²) in [7, 11) is 0. The third kappa shape index (κ3) is 2.12. The molecular formula is C12H18N2O. The van der Waals surface area contributed by atoms with Crippen LogP contribution in [0.5, 0.6) is 0 Å². The summed E-state index contributed by atoms with van der Waals surface area (Å²) < 4.78 is 0. The molecule has 1 aliphatic rings. The van der Waals surface area contributed by atoms with E-state index in [-0.39, 0.29) is 11.5 Å². The smallest absolute Gasteiger partial charge is 0.0624 e. The third-order valence-corrected chi connectivity index (χ3v) is 3.18. The predicted octanol–water partition coefficient (Wildman–Crippen LogP) is 1.68. The van der Waals surface area contributed by atoms with E-state index in [9.17, 15) is 5.11 Å². The number of hydrogen-bond acceptors (Lipinski definition) is 3. The maximum absolute atomic E-state index is 9.86. The van der Waals surface area contributed by atoms with Crippen molar-refractivity contribution in [1.82, 2.24) is 4.98 Å². The molecule has 0 radical (unpaired) electrons. The van der Waals surface area contributed by atoms with Gasteiger partial charge in [0.1, 0.15) is 0 Å². The largest absolute Gasteiger partial charge is 0.392 e. The molecule has 1 fully saturated rings. The van der Waals surface area contributed by atoms with Crippen molar-refractivity contribution < 1.29 is 5.11 Å². The van der Waals surface area contributed by atoms with Crippen molar-refractivity contribution in [3.05, 3.63) is 24.5 Å². The van der Waals surface area contributed by atoms with E-state index in [1.54, 1.807) is 6.20 Å². The first kappa shape index (κ1) is 10.4. The summed E-state index contributed by atoms with van der Waals surface area (Å²) in [5.74, 6) is 0. The normalized spacial score (nSPS) is 25.3. The fourth-order valence-electron chi connectivity index (χ4n) is 2.11. The van der Waals surface area contributed by atoms with E-state index in [1.165, 1.54) is 0 Å². The van der Waals surface area contributed by atoms with Crippen molar-refractivity contribution >= 4 is 5.69 Å². The maximum Gasteiger partial charge on any atom is 0.0624 e. The lowest BCUT2D eigenvalue weighted by Gasteiger charge is -2.42. The zero-order valence-corrected chi connectivity index (χ0v) is 9.35. The van der Waals surface area contributed by atoms with Crippen LogP contribution in [0, 0.1) is 5.41 Å². The molecule has 1 aromatic rings. The predicted molar refractivity (Wildman–Crippen MR) is 60.9 cm³/mol. The molecule has 1 aromatic heterocycles. The molecule has 2 heterocycles. The van der Waals surface area contributed by atoms with Gasteiger partial charge in [-0.1, -0.05) is 13.8 Å². The Morgan fingerprint density at radius 2 is 2.33 bits per heavy atom. The summed E-state index contributed by atoms with van der Waals surface area (Å²) in [6.45, 7) is 6.02. The minimum Gasteiger partial charge on any atom is -0.392 e. The third-order valence-electron chi connectivity index (χ3n) is 3.18. The lowest BCUT2D eigenvalue weighted by Crippen LogP contribution is -2.48. The van der Waals surface area contributed by atoms with Gasteiger partial charge in [-0.25, -0.2) is 0 Å². The van der Waals surface area contributed by atoms with Crippen LogP contribution in [0.1, 0.15) is 20.3 Å². The zero-order valence-electron chi connectivity index (χ0n) is 9.35. The Bertz CT molecular complexity index is 324. The highest BCUT2D eigenvalue weighted by molar-refractivity contribution is 5.44. The number of anilines is 1. The number of aliphatic hydroxyl groups excluding tert-OH is 1. The molecule has 0 aliphatic carbocycles. The number of hydrogen-bond donors (Lipinski definition) is 1. The molecule has 82 valence electrons. The molecule has 15 heavy (non-hydrogen) atoms. The van der Waals surface area contributed by atoms with E-state index < -0.39 is 0 Å². The van der Waals surface area contributed by atoms with Crippen LogP contribution in [0.3, 0.4) is 0 Å². The van der Waals surface area contributed by atoms with E-state index >= 15 is 0 Å².